The Bertz CT molecular complexity index is 1300. The van der Waals surface area contributed by atoms with Gasteiger partial charge in [0.05, 0.1) is 19.1 Å². The van der Waals surface area contributed by atoms with E-state index < -0.39 is 0 Å². The second-order valence-corrected chi connectivity index (χ2v) is 8.66. The molecule has 0 fully saturated rings. The number of hydrazone groups is 1. The Labute approximate surface area is 206 Å². The molecule has 0 saturated heterocycles. The summed E-state index contributed by atoms with van der Waals surface area (Å²) in [6.07, 6.45) is 1.63. The molecular formula is C25H22ClN5O2S. The summed E-state index contributed by atoms with van der Waals surface area (Å²) in [7, 11) is 1.62. The predicted molar refractivity (Wildman–Crippen MR) is 136 cm³/mol. The standard InChI is InChI=1S/C25H22ClN5O2S/c1-17-5-3-4-6-19(17)15-27-28-23(32)16-34-25-30-29-24(18-7-13-22(33-2)14-8-18)31(25)21-11-9-20(26)10-12-21/h3-15H,16H2,1-2H3,(H,28,32)/b27-15+. The third kappa shape index (κ3) is 5.65. The molecule has 1 heterocycles. The lowest BCUT2D eigenvalue weighted by Gasteiger charge is -2.11. The van der Waals surface area contributed by atoms with Crippen molar-refractivity contribution in [2.24, 2.45) is 5.10 Å². The summed E-state index contributed by atoms with van der Waals surface area (Å²) in [5.41, 5.74) is 6.29. The lowest BCUT2D eigenvalue weighted by molar-refractivity contribution is -0.118. The average molecular weight is 492 g/mol. The minimum Gasteiger partial charge on any atom is -0.497 e. The van der Waals surface area contributed by atoms with Gasteiger partial charge in [-0.2, -0.15) is 5.10 Å². The quantitative estimate of drug-likeness (QED) is 0.209. The van der Waals surface area contributed by atoms with E-state index in [1.165, 1.54) is 11.8 Å². The van der Waals surface area contributed by atoms with Gasteiger partial charge < -0.3 is 4.74 Å². The maximum atomic E-state index is 12.4. The van der Waals surface area contributed by atoms with Crippen molar-refractivity contribution < 1.29 is 9.53 Å². The molecule has 0 aliphatic carbocycles. The zero-order valence-corrected chi connectivity index (χ0v) is 20.2. The molecule has 0 radical (unpaired) electrons. The van der Waals surface area contributed by atoms with E-state index in [0.29, 0.717) is 16.0 Å². The van der Waals surface area contributed by atoms with Crippen molar-refractivity contribution in [3.63, 3.8) is 0 Å². The highest BCUT2D eigenvalue weighted by Gasteiger charge is 2.17. The smallest absolute Gasteiger partial charge is 0.250 e. The number of rotatable bonds is 8. The van der Waals surface area contributed by atoms with Crippen LogP contribution < -0.4 is 10.2 Å². The number of thioether (sulfide) groups is 1. The van der Waals surface area contributed by atoms with Crippen molar-refractivity contribution in [3.05, 3.63) is 88.9 Å². The van der Waals surface area contributed by atoms with Crippen LogP contribution in [0.2, 0.25) is 5.02 Å². The molecule has 172 valence electrons. The van der Waals surface area contributed by atoms with Gasteiger partial charge in [0.25, 0.3) is 5.91 Å². The summed E-state index contributed by atoms with van der Waals surface area (Å²) in [4.78, 5) is 12.4. The lowest BCUT2D eigenvalue weighted by atomic mass is 10.1. The van der Waals surface area contributed by atoms with Crippen molar-refractivity contribution in [1.29, 1.82) is 0 Å². The fourth-order valence-corrected chi connectivity index (χ4v) is 4.05. The number of methoxy groups -OCH3 is 1. The second kappa shape index (κ2) is 11.0. The summed E-state index contributed by atoms with van der Waals surface area (Å²) in [6.45, 7) is 1.99. The van der Waals surface area contributed by atoms with Crippen LogP contribution in [0.3, 0.4) is 0 Å². The van der Waals surface area contributed by atoms with Crippen LogP contribution in [0.15, 0.2) is 83.1 Å². The number of amides is 1. The number of nitrogens with zero attached hydrogens (tertiary/aromatic N) is 4. The summed E-state index contributed by atoms with van der Waals surface area (Å²) in [5.74, 6) is 1.27. The van der Waals surface area contributed by atoms with Crippen LogP contribution in [-0.4, -0.2) is 39.7 Å². The lowest BCUT2D eigenvalue weighted by Crippen LogP contribution is -2.20. The highest BCUT2D eigenvalue weighted by molar-refractivity contribution is 7.99. The number of aromatic nitrogens is 3. The van der Waals surface area contributed by atoms with Crippen molar-refractivity contribution in [1.82, 2.24) is 20.2 Å². The zero-order chi connectivity index (χ0) is 23.9. The van der Waals surface area contributed by atoms with Gasteiger partial charge >= 0.3 is 0 Å². The summed E-state index contributed by atoms with van der Waals surface area (Å²) >= 11 is 7.35. The molecule has 0 spiro atoms. The van der Waals surface area contributed by atoms with Gasteiger partial charge in [0.2, 0.25) is 0 Å². The van der Waals surface area contributed by atoms with Crippen molar-refractivity contribution in [3.8, 4) is 22.8 Å². The minimum atomic E-state index is -0.244. The summed E-state index contributed by atoms with van der Waals surface area (Å²) in [5, 5.41) is 14.0. The van der Waals surface area contributed by atoms with Crippen LogP contribution >= 0.6 is 23.4 Å². The van der Waals surface area contributed by atoms with Crippen LogP contribution in [0, 0.1) is 6.92 Å². The maximum absolute atomic E-state index is 12.4. The maximum Gasteiger partial charge on any atom is 0.250 e. The number of ether oxygens (including phenoxy) is 1. The van der Waals surface area contributed by atoms with E-state index in [0.717, 1.165) is 28.1 Å². The highest BCUT2D eigenvalue weighted by atomic mass is 35.5. The number of halogens is 1. The van der Waals surface area contributed by atoms with E-state index >= 15 is 0 Å². The van der Waals surface area contributed by atoms with Crippen LogP contribution in [0.4, 0.5) is 0 Å². The molecule has 4 aromatic rings. The molecule has 1 amide bonds. The molecule has 0 saturated carbocycles. The molecule has 1 aromatic heterocycles. The molecule has 3 aromatic carbocycles. The van der Waals surface area contributed by atoms with E-state index in [9.17, 15) is 4.79 Å². The third-order valence-electron chi connectivity index (χ3n) is 4.98. The van der Waals surface area contributed by atoms with Crippen molar-refractivity contribution in [2.45, 2.75) is 12.1 Å². The Hall–Kier alpha value is -3.62. The van der Waals surface area contributed by atoms with Gasteiger partial charge in [0.1, 0.15) is 5.75 Å². The van der Waals surface area contributed by atoms with Crippen molar-refractivity contribution >= 4 is 35.5 Å². The minimum absolute atomic E-state index is 0.124. The molecule has 7 nitrogen and oxygen atoms in total. The molecule has 1 N–H and O–H groups in total. The Kier molecular flexibility index (Phi) is 7.61. The van der Waals surface area contributed by atoms with Crippen LogP contribution in [0.1, 0.15) is 11.1 Å². The predicted octanol–water partition coefficient (Wildman–Crippen LogP) is 5.15. The number of hydrogen-bond donors (Lipinski definition) is 1. The Morgan fingerprint density at radius 3 is 2.53 bits per heavy atom. The number of aryl methyl sites for hydroxylation is 1. The van der Waals surface area contributed by atoms with E-state index in [1.807, 2.05) is 72.2 Å². The van der Waals surface area contributed by atoms with Crippen LogP contribution in [-0.2, 0) is 4.79 Å². The van der Waals surface area contributed by atoms with E-state index in [4.69, 9.17) is 16.3 Å². The SMILES string of the molecule is COc1ccc(-c2nnc(SCC(=O)N/N=C/c3ccccc3C)n2-c2ccc(Cl)cc2)cc1. The highest BCUT2D eigenvalue weighted by Crippen LogP contribution is 2.29. The Morgan fingerprint density at radius 2 is 1.82 bits per heavy atom. The van der Waals surface area contributed by atoms with Gasteiger partial charge in [-0.3, -0.25) is 9.36 Å². The number of carbonyl (C=O) groups excluding carboxylic acids is 1. The summed E-state index contributed by atoms with van der Waals surface area (Å²) in [6, 6.07) is 22.7. The van der Waals surface area contributed by atoms with Gasteiger partial charge in [0, 0.05) is 16.3 Å². The largest absolute Gasteiger partial charge is 0.497 e. The van der Waals surface area contributed by atoms with Gasteiger partial charge in [-0.1, -0.05) is 47.6 Å². The normalized spacial score (nSPS) is 11.0. The van der Waals surface area contributed by atoms with Crippen LogP contribution in [0.5, 0.6) is 5.75 Å². The first-order valence-electron chi connectivity index (χ1n) is 10.4. The monoisotopic (exact) mass is 491 g/mol. The molecule has 0 atom stereocenters. The number of carbonyl (C=O) groups is 1. The first-order valence-corrected chi connectivity index (χ1v) is 11.8. The van der Waals surface area contributed by atoms with Gasteiger partial charge in [-0.25, -0.2) is 5.43 Å². The van der Waals surface area contributed by atoms with Crippen LogP contribution in [0.25, 0.3) is 17.1 Å². The number of nitrogens with one attached hydrogen (secondary N) is 1. The van der Waals surface area contributed by atoms with E-state index in [2.05, 4.69) is 20.7 Å². The number of benzene rings is 3. The molecule has 0 unspecified atom stereocenters. The topological polar surface area (TPSA) is 81.4 Å². The number of hydrogen-bond acceptors (Lipinski definition) is 6. The van der Waals surface area contributed by atoms with Gasteiger partial charge in [-0.05, 0) is 66.6 Å². The Morgan fingerprint density at radius 1 is 1.09 bits per heavy atom. The van der Waals surface area contributed by atoms with Gasteiger partial charge in [0.15, 0.2) is 11.0 Å². The third-order valence-corrected chi connectivity index (χ3v) is 6.16. The van der Waals surface area contributed by atoms with E-state index in [1.54, 1.807) is 25.5 Å². The van der Waals surface area contributed by atoms with Crippen molar-refractivity contribution in [2.75, 3.05) is 12.9 Å². The molecular weight excluding hydrogens is 470 g/mol. The van der Waals surface area contributed by atoms with Gasteiger partial charge in [-0.15, -0.1) is 10.2 Å². The summed E-state index contributed by atoms with van der Waals surface area (Å²) < 4.78 is 7.15. The first-order chi connectivity index (χ1) is 16.5. The Balaban J connectivity index is 1.53. The zero-order valence-electron chi connectivity index (χ0n) is 18.6. The average Bonchev–Trinajstić information content (AvgIpc) is 3.28. The molecule has 0 aliphatic rings. The molecule has 0 aliphatic heterocycles. The molecule has 34 heavy (non-hydrogen) atoms. The fraction of sp³-hybridized carbons (Fsp3) is 0.120. The molecule has 4 rings (SSSR count). The first kappa shape index (κ1) is 23.5. The molecule has 0 bridgehead atoms. The molecule has 9 heteroatoms. The van der Waals surface area contributed by atoms with E-state index in [-0.39, 0.29) is 11.7 Å². The second-order valence-electron chi connectivity index (χ2n) is 7.28. The fourth-order valence-electron chi connectivity index (χ4n) is 3.18.